The van der Waals surface area contributed by atoms with Crippen molar-refractivity contribution >= 4 is 5.97 Å². The van der Waals surface area contributed by atoms with Gasteiger partial charge in [-0.05, 0) is 23.6 Å². The number of aliphatic carboxylic acids is 1. The van der Waals surface area contributed by atoms with Gasteiger partial charge in [0.2, 0.25) is 0 Å². The lowest BCUT2D eigenvalue weighted by atomic mass is 9.88. The van der Waals surface area contributed by atoms with Crippen molar-refractivity contribution in [2.24, 2.45) is 0 Å². The van der Waals surface area contributed by atoms with Crippen LogP contribution in [0.15, 0.2) is 54.6 Å². The van der Waals surface area contributed by atoms with Crippen LogP contribution in [0.2, 0.25) is 0 Å². The fourth-order valence-electron chi connectivity index (χ4n) is 2.23. The molecule has 2 aromatic rings. The molecule has 0 aliphatic heterocycles. The van der Waals surface area contributed by atoms with Crippen molar-refractivity contribution in [1.29, 1.82) is 0 Å². The van der Waals surface area contributed by atoms with Gasteiger partial charge in [-0.2, -0.15) is 13.2 Å². The molecule has 0 aliphatic carbocycles. The third kappa shape index (κ3) is 3.62. The third-order valence-electron chi connectivity index (χ3n) is 3.21. The van der Waals surface area contributed by atoms with E-state index in [1.807, 2.05) is 0 Å². The lowest BCUT2D eigenvalue weighted by Crippen LogP contribution is -2.32. The van der Waals surface area contributed by atoms with E-state index in [1.165, 1.54) is 18.2 Å². The highest BCUT2D eigenvalue weighted by molar-refractivity contribution is 5.75. The predicted octanol–water partition coefficient (Wildman–Crippen LogP) is 2.78. The van der Waals surface area contributed by atoms with Crippen LogP contribution in [0.3, 0.4) is 0 Å². The number of rotatable bonds is 4. The van der Waals surface area contributed by atoms with E-state index in [0.717, 1.165) is 6.07 Å². The largest absolute Gasteiger partial charge is 0.549 e. The molecule has 0 amide bonds. The van der Waals surface area contributed by atoms with E-state index in [2.05, 4.69) is 0 Å². The summed E-state index contributed by atoms with van der Waals surface area (Å²) in [6, 6.07) is 13.2. The molecule has 21 heavy (non-hydrogen) atoms. The Bertz CT molecular complexity index is 621. The van der Waals surface area contributed by atoms with E-state index >= 15 is 0 Å². The van der Waals surface area contributed by atoms with Crippen LogP contribution in [0.4, 0.5) is 13.2 Å². The second-order valence-corrected chi connectivity index (χ2v) is 4.65. The Morgan fingerprint density at radius 1 is 1.00 bits per heavy atom. The molecule has 0 aromatic heterocycles. The Morgan fingerprint density at radius 2 is 1.57 bits per heavy atom. The second kappa shape index (κ2) is 5.99. The van der Waals surface area contributed by atoms with Crippen LogP contribution in [0.5, 0.6) is 0 Å². The minimum atomic E-state index is -4.60. The van der Waals surface area contributed by atoms with Crippen molar-refractivity contribution in [2.45, 2.75) is 18.5 Å². The van der Waals surface area contributed by atoms with Crippen molar-refractivity contribution in [2.75, 3.05) is 0 Å². The Morgan fingerprint density at radius 3 is 2.14 bits per heavy atom. The summed E-state index contributed by atoms with van der Waals surface area (Å²) in [5.41, 5.74) is -0.562. The third-order valence-corrected chi connectivity index (χ3v) is 3.21. The zero-order valence-corrected chi connectivity index (χ0v) is 10.9. The first-order chi connectivity index (χ1) is 9.89. The highest BCUT2D eigenvalue weighted by atomic mass is 19.4. The summed E-state index contributed by atoms with van der Waals surface area (Å²) in [6.45, 7) is 0. The van der Waals surface area contributed by atoms with Crippen molar-refractivity contribution in [3.63, 3.8) is 0 Å². The fourth-order valence-corrected chi connectivity index (χ4v) is 2.23. The number of halogens is 3. The molecule has 0 N–H and O–H groups in total. The van der Waals surface area contributed by atoms with Crippen LogP contribution in [0.25, 0.3) is 0 Å². The topological polar surface area (TPSA) is 40.1 Å². The number of carbonyl (C=O) groups is 1. The molecule has 0 heterocycles. The summed E-state index contributed by atoms with van der Waals surface area (Å²) in [5.74, 6) is -2.86. The molecule has 0 bridgehead atoms. The highest BCUT2D eigenvalue weighted by Crippen LogP contribution is 2.36. The molecular formula is C16H12F3O2-. The van der Waals surface area contributed by atoms with E-state index < -0.39 is 23.6 Å². The molecule has 2 aromatic carbocycles. The molecule has 110 valence electrons. The van der Waals surface area contributed by atoms with E-state index in [9.17, 15) is 23.1 Å². The maximum Gasteiger partial charge on any atom is 0.416 e. The smallest absolute Gasteiger partial charge is 0.416 e. The molecule has 0 aliphatic rings. The second-order valence-electron chi connectivity index (χ2n) is 4.65. The minimum Gasteiger partial charge on any atom is -0.549 e. The van der Waals surface area contributed by atoms with Gasteiger partial charge in [0.1, 0.15) is 0 Å². The maximum absolute atomic E-state index is 13.0. The van der Waals surface area contributed by atoms with E-state index in [0.29, 0.717) is 5.56 Å². The van der Waals surface area contributed by atoms with Gasteiger partial charge in [-0.15, -0.1) is 0 Å². The zero-order valence-electron chi connectivity index (χ0n) is 10.9. The molecule has 1 unspecified atom stereocenters. The van der Waals surface area contributed by atoms with Crippen LogP contribution >= 0.6 is 0 Å². The van der Waals surface area contributed by atoms with Crippen LogP contribution < -0.4 is 5.11 Å². The van der Waals surface area contributed by atoms with Crippen molar-refractivity contribution in [3.05, 3.63) is 71.3 Å². The molecule has 0 radical (unpaired) electrons. The van der Waals surface area contributed by atoms with Gasteiger partial charge in [0.15, 0.2) is 0 Å². The van der Waals surface area contributed by atoms with Gasteiger partial charge in [-0.3, -0.25) is 0 Å². The molecule has 0 saturated carbocycles. The first kappa shape index (κ1) is 15.1. The Hall–Kier alpha value is -2.30. The minimum absolute atomic E-state index is 0.0454. The van der Waals surface area contributed by atoms with Gasteiger partial charge in [0.05, 0.1) is 5.56 Å². The Kier molecular flexibility index (Phi) is 4.31. The van der Waals surface area contributed by atoms with Crippen LogP contribution in [0.1, 0.15) is 22.6 Å². The van der Waals surface area contributed by atoms with Gasteiger partial charge < -0.3 is 9.90 Å². The van der Waals surface area contributed by atoms with E-state index in [-0.39, 0.29) is 12.0 Å². The van der Waals surface area contributed by atoms with Gasteiger partial charge in [-0.1, -0.05) is 48.5 Å². The van der Waals surface area contributed by atoms with Crippen molar-refractivity contribution < 1.29 is 23.1 Å². The van der Waals surface area contributed by atoms with E-state index in [1.54, 1.807) is 30.3 Å². The van der Waals surface area contributed by atoms with Crippen LogP contribution in [-0.4, -0.2) is 5.97 Å². The van der Waals surface area contributed by atoms with E-state index in [4.69, 9.17) is 0 Å². The zero-order chi connectivity index (χ0) is 15.5. The Labute approximate surface area is 119 Å². The van der Waals surface area contributed by atoms with Gasteiger partial charge in [0.25, 0.3) is 0 Å². The molecule has 5 heteroatoms. The van der Waals surface area contributed by atoms with Crippen molar-refractivity contribution in [1.82, 2.24) is 0 Å². The first-order valence-corrected chi connectivity index (χ1v) is 6.30. The van der Waals surface area contributed by atoms with Gasteiger partial charge >= 0.3 is 6.18 Å². The number of carboxylic acids is 1. The van der Waals surface area contributed by atoms with Crippen molar-refractivity contribution in [3.8, 4) is 0 Å². The fraction of sp³-hybridized carbons (Fsp3) is 0.188. The molecule has 2 nitrogen and oxygen atoms in total. The monoisotopic (exact) mass is 293 g/mol. The molecule has 1 atom stereocenters. The van der Waals surface area contributed by atoms with Crippen LogP contribution in [-0.2, 0) is 17.4 Å². The summed E-state index contributed by atoms with van der Waals surface area (Å²) in [7, 11) is 0. The Balaban J connectivity index is 2.42. The summed E-state index contributed by atoms with van der Waals surface area (Å²) in [6.07, 6.45) is -4.64. The van der Waals surface area contributed by atoms with Crippen LogP contribution in [0, 0.1) is 0 Å². The number of hydrogen-bond donors (Lipinski definition) is 0. The first-order valence-electron chi connectivity index (χ1n) is 6.30. The summed E-state index contributed by atoms with van der Waals surface area (Å²) >= 11 is 0. The number of benzene rings is 2. The molecule has 0 saturated heterocycles. The standard InChI is InChI=1S/C16H13F3O2/c17-16(18,19)14-9-5-4-8-12(14)13(15(20)21)10-11-6-2-1-3-7-11/h1-9,13H,10H2,(H,20,21)/p-1. The SMILES string of the molecule is O=C([O-])C(Cc1ccccc1)c1ccccc1C(F)(F)F. The summed E-state index contributed by atoms with van der Waals surface area (Å²) < 4.78 is 39.0. The lowest BCUT2D eigenvalue weighted by Gasteiger charge is -2.22. The lowest BCUT2D eigenvalue weighted by molar-refractivity contribution is -0.308. The van der Waals surface area contributed by atoms with Gasteiger partial charge in [-0.25, -0.2) is 0 Å². The predicted molar refractivity (Wildman–Crippen MR) is 69.3 cm³/mol. The average molecular weight is 293 g/mol. The molecule has 2 rings (SSSR count). The number of carbonyl (C=O) groups excluding carboxylic acids is 1. The maximum atomic E-state index is 13.0. The normalized spacial score (nSPS) is 12.9. The highest BCUT2D eigenvalue weighted by Gasteiger charge is 2.35. The number of hydrogen-bond acceptors (Lipinski definition) is 2. The van der Waals surface area contributed by atoms with Gasteiger partial charge in [0, 0.05) is 11.9 Å². The number of alkyl halides is 3. The molecular weight excluding hydrogens is 281 g/mol. The molecule has 0 spiro atoms. The molecule has 0 fully saturated rings. The quantitative estimate of drug-likeness (QED) is 0.869. The summed E-state index contributed by atoms with van der Waals surface area (Å²) in [4.78, 5) is 11.3. The summed E-state index contributed by atoms with van der Waals surface area (Å²) in [5, 5.41) is 11.3. The average Bonchev–Trinajstić information content (AvgIpc) is 2.45. The number of carboxylic acid groups (broad SMARTS) is 1.